The van der Waals surface area contributed by atoms with Gasteiger partial charge < -0.3 is 14.7 Å². The van der Waals surface area contributed by atoms with Crippen molar-refractivity contribution >= 4 is 17.5 Å². The number of carbonyl (C=O) groups excluding carboxylic acids is 2. The fraction of sp³-hybridized carbons (Fsp3) is 0.636. The molecule has 0 aliphatic carbocycles. The van der Waals surface area contributed by atoms with Gasteiger partial charge in [-0.3, -0.25) is 9.59 Å². The highest BCUT2D eigenvalue weighted by Crippen LogP contribution is 2.40. The summed E-state index contributed by atoms with van der Waals surface area (Å²) in [6, 6.07) is 8.48. The Labute approximate surface area is 163 Å². The Morgan fingerprint density at radius 2 is 1.74 bits per heavy atom. The van der Waals surface area contributed by atoms with Gasteiger partial charge >= 0.3 is 0 Å². The lowest BCUT2D eigenvalue weighted by atomic mass is 9.72. The average Bonchev–Trinajstić information content (AvgIpc) is 2.65. The van der Waals surface area contributed by atoms with Crippen molar-refractivity contribution in [2.24, 2.45) is 5.41 Å². The van der Waals surface area contributed by atoms with Crippen molar-refractivity contribution in [3.8, 4) is 0 Å². The number of hydrogen-bond acceptors (Lipinski definition) is 3. The maximum atomic E-state index is 12.7. The zero-order valence-corrected chi connectivity index (χ0v) is 17.2. The van der Waals surface area contributed by atoms with Crippen molar-refractivity contribution < 1.29 is 9.59 Å². The molecule has 1 spiro atoms. The van der Waals surface area contributed by atoms with Crippen molar-refractivity contribution in [1.29, 1.82) is 0 Å². The number of hydrogen-bond donors (Lipinski definition) is 0. The molecule has 5 nitrogen and oxygen atoms in total. The number of rotatable bonds is 4. The van der Waals surface area contributed by atoms with Crippen LogP contribution in [-0.4, -0.2) is 61.4 Å². The van der Waals surface area contributed by atoms with Crippen LogP contribution in [0.5, 0.6) is 0 Å². The van der Waals surface area contributed by atoms with Crippen LogP contribution < -0.4 is 4.90 Å². The molecule has 0 radical (unpaired) electrons. The van der Waals surface area contributed by atoms with E-state index in [2.05, 4.69) is 30.9 Å². The van der Waals surface area contributed by atoms with Gasteiger partial charge in [0, 0.05) is 51.9 Å². The monoisotopic (exact) mass is 371 g/mol. The van der Waals surface area contributed by atoms with Crippen molar-refractivity contribution in [3.05, 3.63) is 29.8 Å². The van der Waals surface area contributed by atoms with Crippen LogP contribution in [0.4, 0.5) is 5.69 Å². The lowest BCUT2D eigenvalue weighted by Gasteiger charge is -2.48. The van der Waals surface area contributed by atoms with Gasteiger partial charge in [-0.2, -0.15) is 0 Å². The molecule has 2 aliphatic rings. The molecule has 3 rings (SSSR count). The van der Waals surface area contributed by atoms with Crippen LogP contribution in [0.2, 0.25) is 0 Å². The minimum absolute atomic E-state index is 0.211. The summed E-state index contributed by atoms with van der Waals surface area (Å²) in [6.45, 7) is 6.68. The number of nitrogens with zero attached hydrogens (tertiary/aromatic N) is 3. The molecule has 0 atom stereocenters. The standard InChI is InChI=1S/C22H33N3O2/c1-17(2)25-16-22(10-9-20(25)26)11-13-24(14-12-22)21(27)15-18-5-7-19(8-6-18)23(3)4/h5-8,17H,9-16H2,1-4H3. The van der Waals surface area contributed by atoms with E-state index in [9.17, 15) is 9.59 Å². The van der Waals surface area contributed by atoms with E-state index in [0.29, 0.717) is 12.8 Å². The Bertz CT molecular complexity index is 673. The van der Waals surface area contributed by atoms with Crippen LogP contribution in [0, 0.1) is 5.41 Å². The first kappa shape index (κ1) is 19.7. The molecule has 0 bridgehead atoms. The number of likely N-dealkylation sites (tertiary alicyclic amines) is 2. The molecule has 0 aromatic heterocycles. The molecular formula is C22H33N3O2. The van der Waals surface area contributed by atoms with E-state index in [4.69, 9.17) is 0 Å². The van der Waals surface area contributed by atoms with Gasteiger partial charge in [0.05, 0.1) is 6.42 Å². The second-order valence-electron chi connectivity index (χ2n) is 8.73. The first-order valence-electron chi connectivity index (χ1n) is 10.1. The Kier molecular flexibility index (Phi) is 5.78. The van der Waals surface area contributed by atoms with Gasteiger partial charge in [0.1, 0.15) is 0 Å². The maximum absolute atomic E-state index is 12.7. The minimum Gasteiger partial charge on any atom is -0.378 e. The number of amides is 2. The minimum atomic E-state index is 0.211. The van der Waals surface area contributed by atoms with Crippen molar-refractivity contribution in [3.63, 3.8) is 0 Å². The molecule has 27 heavy (non-hydrogen) atoms. The quantitative estimate of drug-likeness (QED) is 0.817. The zero-order chi connectivity index (χ0) is 19.6. The smallest absolute Gasteiger partial charge is 0.226 e. The third-order valence-corrected chi connectivity index (χ3v) is 6.30. The molecule has 2 amide bonds. The second kappa shape index (κ2) is 7.91. The van der Waals surface area contributed by atoms with E-state index in [1.807, 2.05) is 36.0 Å². The summed E-state index contributed by atoms with van der Waals surface area (Å²) in [6.07, 6.45) is 4.12. The second-order valence-corrected chi connectivity index (χ2v) is 8.73. The summed E-state index contributed by atoms with van der Waals surface area (Å²) in [5.74, 6) is 0.505. The Morgan fingerprint density at radius 1 is 1.11 bits per heavy atom. The van der Waals surface area contributed by atoms with Gasteiger partial charge in [0.2, 0.25) is 11.8 Å². The first-order chi connectivity index (χ1) is 12.8. The summed E-state index contributed by atoms with van der Waals surface area (Å²) in [4.78, 5) is 31.0. The highest BCUT2D eigenvalue weighted by Gasteiger charge is 2.42. The van der Waals surface area contributed by atoms with Crippen LogP contribution in [0.15, 0.2) is 24.3 Å². The molecule has 1 aromatic rings. The normalized spacial score (nSPS) is 19.7. The lowest BCUT2D eigenvalue weighted by Crippen LogP contribution is -2.54. The molecule has 0 saturated carbocycles. The van der Waals surface area contributed by atoms with E-state index in [1.54, 1.807) is 0 Å². The first-order valence-corrected chi connectivity index (χ1v) is 10.1. The van der Waals surface area contributed by atoms with Crippen LogP contribution in [0.3, 0.4) is 0 Å². The Hall–Kier alpha value is -2.04. The topological polar surface area (TPSA) is 43.9 Å². The Balaban J connectivity index is 1.55. The molecule has 2 saturated heterocycles. The van der Waals surface area contributed by atoms with Gasteiger partial charge in [0.15, 0.2) is 0 Å². The largest absolute Gasteiger partial charge is 0.378 e. The molecule has 148 valence electrons. The molecule has 2 heterocycles. The zero-order valence-electron chi connectivity index (χ0n) is 17.2. The SMILES string of the molecule is CC(C)N1CC2(CCC1=O)CCN(C(=O)Cc1ccc(N(C)C)cc1)CC2. The van der Waals surface area contributed by atoms with E-state index in [1.165, 1.54) is 0 Å². The summed E-state index contributed by atoms with van der Waals surface area (Å²) in [5, 5.41) is 0. The van der Waals surface area contributed by atoms with Gasteiger partial charge in [-0.05, 0) is 56.2 Å². The fourth-order valence-electron chi connectivity index (χ4n) is 4.35. The predicted octanol–water partition coefficient (Wildman–Crippen LogP) is 2.93. The number of benzene rings is 1. The highest BCUT2D eigenvalue weighted by molar-refractivity contribution is 5.79. The van der Waals surface area contributed by atoms with Gasteiger partial charge in [0.25, 0.3) is 0 Å². The van der Waals surface area contributed by atoms with E-state index >= 15 is 0 Å². The molecule has 2 fully saturated rings. The third kappa shape index (κ3) is 4.45. The van der Waals surface area contributed by atoms with Gasteiger partial charge in [-0.15, -0.1) is 0 Å². The summed E-state index contributed by atoms with van der Waals surface area (Å²) >= 11 is 0. The molecule has 5 heteroatoms. The van der Waals surface area contributed by atoms with Crippen LogP contribution in [0.1, 0.15) is 45.1 Å². The number of carbonyl (C=O) groups is 2. The summed E-state index contributed by atoms with van der Waals surface area (Å²) < 4.78 is 0. The van der Waals surface area contributed by atoms with Crippen molar-refractivity contribution in [1.82, 2.24) is 9.80 Å². The summed E-state index contributed by atoms with van der Waals surface area (Å²) in [5.41, 5.74) is 2.43. The highest BCUT2D eigenvalue weighted by atomic mass is 16.2. The molecule has 0 N–H and O–H groups in total. The lowest BCUT2D eigenvalue weighted by molar-refractivity contribution is -0.144. The predicted molar refractivity (Wildman–Crippen MR) is 109 cm³/mol. The molecule has 0 unspecified atom stereocenters. The fourth-order valence-corrected chi connectivity index (χ4v) is 4.35. The van der Waals surface area contributed by atoms with Crippen molar-refractivity contribution in [2.45, 2.75) is 52.0 Å². The van der Waals surface area contributed by atoms with E-state index in [0.717, 1.165) is 50.1 Å². The number of anilines is 1. The van der Waals surface area contributed by atoms with Crippen LogP contribution in [-0.2, 0) is 16.0 Å². The van der Waals surface area contributed by atoms with Crippen molar-refractivity contribution in [2.75, 3.05) is 38.6 Å². The molecule has 1 aromatic carbocycles. The summed E-state index contributed by atoms with van der Waals surface area (Å²) in [7, 11) is 4.03. The van der Waals surface area contributed by atoms with Crippen LogP contribution in [0.25, 0.3) is 0 Å². The number of piperidine rings is 2. The molecular weight excluding hydrogens is 338 g/mol. The maximum Gasteiger partial charge on any atom is 0.226 e. The average molecular weight is 372 g/mol. The van der Waals surface area contributed by atoms with E-state index < -0.39 is 0 Å². The third-order valence-electron chi connectivity index (χ3n) is 6.30. The van der Waals surface area contributed by atoms with Gasteiger partial charge in [-0.1, -0.05) is 12.1 Å². The van der Waals surface area contributed by atoms with E-state index in [-0.39, 0.29) is 23.3 Å². The van der Waals surface area contributed by atoms with Crippen LogP contribution >= 0.6 is 0 Å². The Morgan fingerprint density at radius 3 is 2.30 bits per heavy atom. The van der Waals surface area contributed by atoms with Gasteiger partial charge in [-0.25, -0.2) is 0 Å². The molecule has 2 aliphatic heterocycles.